The van der Waals surface area contributed by atoms with Crippen LogP contribution in [0.3, 0.4) is 0 Å². The van der Waals surface area contributed by atoms with E-state index in [9.17, 15) is 9.90 Å². The number of allylic oxidation sites excluding steroid dienone is 9. The third kappa shape index (κ3) is 5.32. The fourth-order valence-electron chi connectivity index (χ4n) is 5.15. The summed E-state index contributed by atoms with van der Waals surface area (Å²) in [7, 11) is 0. The van der Waals surface area contributed by atoms with Gasteiger partial charge < -0.3 is 5.11 Å². The van der Waals surface area contributed by atoms with Crippen LogP contribution < -0.4 is 0 Å². The molecule has 0 amide bonds. The van der Waals surface area contributed by atoms with Gasteiger partial charge in [-0.3, -0.25) is 4.79 Å². The van der Waals surface area contributed by atoms with Crippen molar-refractivity contribution in [2.45, 2.75) is 116 Å². The fourth-order valence-corrected chi connectivity index (χ4v) is 5.15. The monoisotopic (exact) mass is 480 g/mol. The van der Waals surface area contributed by atoms with Crippen molar-refractivity contribution in [3.8, 4) is 0 Å². The third-order valence-electron chi connectivity index (χ3n) is 9.56. The molecule has 0 fully saturated rings. The van der Waals surface area contributed by atoms with Gasteiger partial charge in [0.25, 0.3) is 0 Å². The molecular weight excluding hydrogens is 428 g/mol. The number of Topliss-reactive ketones (excluding diaryl/α,β-unsaturated/α-hetero) is 1. The van der Waals surface area contributed by atoms with Gasteiger partial charge in [-0.2, -0.15) is 0 Å². The maximum atomic E-state index is 13.8. The van der Waals surface area contributed by atoms with Crippen LogP contribution in [-0.4, -0.2) is 10.9 Å². The highest BCUT2D eigenvalue weighted by molar-refractivity contribution is 6.12. The Balaban J connectivity index is 3.03. The standard InChI is InChI=1S/C33H52O2/c1-14-30(6,7)23-18-21(5)26(27(29(23)35)33(12,13)17-4)22-19-24(31(8,9)15-2)28(34)25(20-22)32(10,11)16-3/h18-20,27,35H,14-17H2,1-13H3. The van der Waals surface area contributed by atoms with Crippen LogP contribution in [0, 0.1) is 27.6 Å². The number of aliphatic hydroxyl groups excluding tert-OH is 1. The highest BCUT2D eigenvalue weighted by atomic mass is 16.3. The normalized spacial score (nSPS) is 20.8. The predicted molar refractivity (Wildman–Crippen MR) is 151 cm³/mol. The number of ketones is 1. The van der Waals surface area contributed by atoms with Crippen LogP contribution in [-0.2, 0) is 4.79 Å². The zero-order chi connectivity index (χ0) is 27.1. The molecule has 2 aliphatic carbocycles. The van der Waals surface area contributed by atoms with Gasteiger partial charge >= 0.3 is 0 Å². The Kier molecular flexibility index (Phi) is 8.32. The van der Waals surface area contributed by atoms with Crippen LogP contribution in [0.15, 0.2) is 57.4 Å². The molecule has 0 aromatic heterocycles. The van der Waals surface area contributed by atoms with Gasteiger partial charge in [0.2, 0.25) is 0 Å². The molecule has 196 valence electrons. The molecule has 1 atom stereocenters. The summed E-state index contributed by atoms with van der Waals surface area (Å²) in [6.45, 7) is 28.6. The van der Waals surface area contributed by atoms with E-state index >= 15 is 0 Å². The van der Waals surface area contributed by atoms with E-state index in [1.54, 1.807) is 0 Å². The van der Waals surface area contributed by atoms with Gasteiger partial charge in [-0.25, -0.2) is 0 Å². The minimum absolute atomic E-state index is 0.109. The molecule has 2 aliphatic rings. The van der Waals surface area contributed by atoms with Crippen molar-refractivity contribution >= 4 is 5.78 Å². The molecule has 0 aromatic rings. The number of aliphatic hydroxyl groups is 1. The zero-order valence-electron chi connectivity index (χ0n) is 25.0. The molecule has 0 saturated heterocycles. The molecule has 1 N–H and O–H groups in total. The van der Waals surface area contributed by atoms with Crippen LogP contribution in [0.1, 0.15) is 116 Å². The summed E-state index contributed by atoms with van der Waals surface area (Å²) >= 11 is 0. The minimum Gasteiger partial charge on any atom is -0.511 e. The highest BCUT2D eigenvalue weighted by Gasteiger charge is 2.43. The maximum absolute atomic E-state index is 13.8. The molecule has 0 heterocycles. The number of carbonyl (C=O) groups excluding carboxylic acids is 1. The number of hydrogen-bond donors (Lipinski definition) is 1. The number of hydrogen-bond acceptors (Lipinski definition) is 2. The average Bonchev–Trinajstić information content (AvgIpc) is 2.79. The Morgan fingerprint density at radius 3 is 1.51 bits per heavy atom. The van der Waals surface area contributed by atoms with Gasteiger partial charge in [0.05, 0.1) is 0 Å². The van der Waals surface area contributed by atoms with Crippen LogP contribution in [0.5, 0.6) is 0 Å². The fraction of sp³-hybridized carbons (Fsp3) is 0.667. The van der Waals surface area contributed by atoms with Gasteiger partial charge in [0, 0.05) is 17.1 Å². The maximum Gasteiger partial charge on any atom is 0.186 e. The Morgan fingerprint density at radius 2 is 1.14 bits per heavy atom. The van der Waals surface area contributed by atoms with Crippen molar-refractivity contribution in [3.63, 3.8) is 0 Å². The molecule has 0 spiro atoms. The molecule has 2 rings (SSSR count). The minimum atomic E-state index is -0.221. The quantitative estimate of drug-likeness (QED) is 0.375. The van der Waals surface area contributed by atoms with Crippen LogP contribution >= 0.6 is 0 Å². The van der Waals surface area contributed by atoms with Crippen molar-refractivity contribution in [2.24, 2.45) is 27.6 Å². The van der Waals surface area contributed by atoms with Gasteiger partial charge in [0.15, 0.2) is 5.78 Å². The molecule has 2 nitrogen and oxygen atoms in total. The summed E-state index contributed by atoms with van der Waals surface area (Å²) in [6.07, 6.45) is 10.2. The van der Waals surface area contributed by atoms with E-state index in [1.807, 2.05) is 0 Å². The van der Waals surface area contributed by atoms with Crippen molar-refractivity contribution in [3.05, 3.63) is 57.4 Å². The van der Waals surface area contributed by atoms with E-state index in [1.165, 1.54) is 11.1 Å². The summed E-state index contributed by atoms with van der Waals surface area (Å²) in [5, 5.41) is 11.9. The molecular formula is C33H52O2. The molecule has 0 saturated carbocycles. The van der Waals surface area contributed by atoms with Gasteiger partial charge in [0.1, 0.15) is 5.76 Å². The largest absolute Gasteiger partial charge is 0.511 e. The van der Waals surface area contributed by atoms with Crippen molar-refractivity contribution in [2.75, 3.05) is 0 Å². The van der Waals surface area contributed by atoms with Gasteiger partial charge in [-0.05, 0) is 88.7 Å². The van der Waals surface area contributed by atoms with Crippen LogP contribution in [0.4, 0.5) is 0 Å². The summed E-state index contributed by atoms with van der Waals surface area (Å²) in [5.74, 6) is 0.568. The topological polar surface area (TPSA) is 37.3 Å². The van der Waals surface area contributed by atoms with Crippen molar-refractivity contribution < 1.29 is 9.90 Å². The summed E-state index contributed by atoms with van der Waals surface area (Å²) in [4.78, 5) is 13.8. The SMILES string of the molecule is CCC(C)(C)C1=CC(=C2C(C)=CC(C(C)(C)CC)=C(O)C2C(C)(C)CC)C=C(C(C)(C)CC)C1=O. The Labute approximate surface area is 216 Å². The van der Waals surface area contributed by atoms with E-state index in [2.05, 4.69) is 108 Å². The molecule has 35 heavy (non-hydrogen) atoms. The Hall–Kier alpha value is -1.83. The molecule has 0 bridgehead atoms. The molecule has 0 radical (unpaired) electrons. The summed E-state index contributed by atoms with van der Waals surface area (Å²) < 4.78 is 0. The van der Waals surface area contributed by atoms with Gasteiger partial charge in [-0.1, -0.05) is 89.2 Å². The van der Waals surface area contributed by atoms with Gasteiger partial charge in [-0.15, -0.1) is 0 Å². The Morgan fingerprint density at radius 1 is 0.714 bits per heavy atom. The smallest absolute Gasteiger partial charge is 0.186 e. The first-order valence-electron chi connectivity index (χ1n) is 13.8. The second-order valence-electron chi connectivity index (χ2n) is 13.4. The van der Waals surface area contributed by atoms with E-state index in [-0.39, 0.29) is 33.4 Å². The average molecular weight is 481 g/mol. The van der Waals surface area contributed by atoms with Crippen molar-refractivity contribution in [1.82, 2.24) is 0 Å². The first-order valence-corrected chi connectivity index (χ1v) is 13.8. The summed E-state index contributed by atoms with van der Waals surface area (Å²) in [5.41, 5.74) is 5.62. The van der Waals surface area contributed by atoms with Crippen LogP contribution in [0.2, 0.25) is 0 Å². The number of rotatable bonds is 8. The van der Waals surface area contributed by atoms with E-state index in [4.69, 9.17) is 0 Å². The molecule has 0 aliphatic heterocycles. The lowest BCUT2D eigenvalue weighted by molar-refractivity contribution is -0.114. The predicted octanol–water partition coefficient (Wildman–Crippen LogP) is 9.85. The second-order valence-corrected chi connectivity index (χ2v) is 13.4. The lowest BCUT2D eigenvalue weighted by atomic mass is 9.62. The van der Waals surface area contributed by atoms with E-state index in [0.29, 0.717) is 5.76 Å². The summed E-state index contributed by atoms with van der Waals surface area (Å²) in [6, 6.07) is 0. The molecule has 0 aromatic carbocycles. The lowest BCUT2D eigenvalue weighted by Crippen LogP contribution is -2.34. The highest BCUT2D eigenvalue weighted by Crippen LogP contribution is 2.52. The first kappa shape index (κ1) is 29.4. The lowest BCUT2D eigenvalue weighted by Gasteiger charge is -2.42. The van der Waals surface area contributed by atoms with E-state index in [0.717, 1.165) is 48.0 Å². The van der Waals surface area contributed by atoms with E-state index < -0.39 is 0 Å². The second kappa shape index (κ2) is 9.91. The third-order valence-corrected chi connectivity index (χ3v) is 9.56. The first-order chi connectivity index (χ1) is 15.9. The molecule has 2 heteroatoms. The van der Waals surface area contributed by atoms with Crippen LogP contribution in [0.25, 0.3) is 0 Å². The van der Waals surface area contributed by atoms with Crippen molar-refractivity contribution in [1.29, 1.82) is 0 Å². The Bertz CT molecular complexity index is 977. The zero-order valence-corrected chi connectivity index (χ0v) is 25.0. The molecule has 1 unspecified atom stereocenters. The number of carbonyl (C=O) groups is 1.